The number of nitrogens with zero attached hydrogens (tertiary/aromatic N) is 1. The molecule has 0 aliphatic carbocycles. The lowest BCUT2D eigenvalue weighted by atomic mass is 9.79. The number of benzene rings is 1. The van der Waals surface area contributed by atoms with Crippen molar-refractivity contribution in [1.82, 2.24) is 5.32 Å². The largest absolute Gasteiger partial charge is 0.494 e. The predicted molar refractivity (Wildman–Crippen MR) is 89.7 cm³/mol. The molecule has 118 valence electrons. The van der Waals surface area contributed by atoms with Gasteiger partial charge in [-0.15, -0.1) is 0 Å². The van der Waals surface area contributed by atoms with Crippen LogP contribution in [-0.4, -0.2) is 43.5 Å². The minimum atomic E-state index is -0.282. The van der Waals surface area contributed by atoms with E-state index in [-0.39, 0.29) is 18.3 Å². The van der Waals surface area contributed by atoms with Crippen LogP contribution in [0, 0.1) is 0 Å². The molecule has 1 aromatic rings. The second-order valence-electron chi connectivity index (χ2n) is 7.83. The third kappa shape index (κ3) is 2.18. The maximum absolute atomic E-state index is 6.12. The van der Waals surface area contributed by atoms with Crippen molar-refractivity contribution in [2.24, 2.45) is 0 Å². The van der Waals surface area contributed by atoms with E-state index in [1.807, 2.05) is 0 Å². The smallest absolute Gasteiger partial charge is 0.399 e. The Labute approximate surface area is 133 Å². The lowest BCUT2D eigenvalue weighted by Gasteiger charge is -2.32. The first-order chi connectivity index (χ1) is 10.4. The Hall–Kier alpha value is -1.04. The van der Waals surface area contributed by atoms with Crippen LogP contribution in [0.5, 0.6) is 0 Å². The molecule has 3 heterocycles. The summed E-state index contributed by atoms with van der Waals surface area (Å²) in [6, 6.07) is 10.1. The van der Waals surface area contributed by atoms with E-state index in [1.54, 1.807) is 0 Å². The number of hydrogen-bond acceptors (Lipinski definition) is 4. The fourth-order valence-corrected chi connectivity index (χ4v) is 3.68. The van der Waals surface area contributed by atoms with Gasteiger partial charge in [-0.05, 0) is 51.7 Å². The molecule has 0 aromatic heterocycles. The Morgan fingerprint density at radius 2 is 1.73 bits per heavy atom. The van der Waals surface area contributed by atoms with Gasteiger partial charge in [0.1, 0.15) is 0 Å². The lowest BCUT2D eigenvalue weighted by Crippen LogP contribution is -2.43. The van der Waals surface area contributed by atoms with E-state index in [0.717, 1.165) is 18.6 Å². The number of fused-ring (bicyclic) bond motifs is 2. The number of anilines is 1. The molecule has 22 heavy (non-hydrogen) atoms. The average Bonchev–Trinajstić information content (AvgIpc) is 3.13. The van der Waals surface area contributed by atoms with Crippen molar-refractivity contribution in [2.45, 2.75) is 57.4 Å². The highest BCUT2D eigenvalue weighted by Gasteiger charge is 2.51. The zero-order valence-corrected chi connectivity index (χ0v) is 13.9. The Bertz CT molecular complexity index is 557. The molecule has 1 aromatic carbocycles. The number of piperazine rings is 1. The molecule has 2 atom stereocenters. The van der Waals surface area contributed by atoms with Gasteiger partial charge in [-0.2, -0.15) is 0 Å². The van der Waals surface area contributed by atoms with Crippen LogP contribution < -0.4 is 15.7 Å². The molecule has 3 aliphatic heterocycles. The van der Waals surface area contributed by atoms with Crippen LogP contribution in [0.4, 0.5) is 5.69 Å². The molecule has 2 bridgehead atoms. The predicted octanol–water partition coefficient (Wildman–Crippen LogP) is 1.54. The van der Waals surface area contributed by atoms with Gasteiger partial charge in [-0.1, -0.05) is 12.1 Å². The van der Waals surface area contributed by atoms with E-state index >= 15 is 0 Å². The molecule has 1 N–H and O–H groups in total. The zero-order valence-electron chi connectivity index (χ0n) is 13.9. The van der Waals surface area contributed by atoms with Gasteiger partial charge in [0, 0.05) is 30.9 Å². The maximum atomic E-state index is 6.12. The summed E-state index contributed by atoms with van der Waals surface area (Å²) >= 11 is 0. The first kappa shape index (κ1) is 14.6. The molecule has 4 nitrogen and oxygen atoms in total. The summed E-state index contributed by atoms with van der Waals surface area (Å²) in [5, 5.41) is 3.55. The first-order valence-corrected chi connectivity index (χ1v) is 8.31. The molecule has 4 rings (SSSR count). The van der Waals surface area contributed by atoms with Crippen molar-refractivity contribution in [3.05, 3.63) is 24.3 Å². The molecule has 0 saturated carbocycles. The zero-order chi connectivity index (χ0) is 15.5. The topological polar surface area (TPSA) is 33.7 Å². The van der Waals surface area contributed by atoms with E-state index < -0.39 is 0 Å². The van der Waals surface area contributed by atoms with Gasteiger partial charge in [0.05, 0.1) is 11.2 Å². The van der Waals surface area contributed by atoms with Crippen LogP contribution in [0.2, 0.25) is 0 Å². The molecule has 0 radical (unpaired) electrons. The monoisotopic (exact) mass is 300 g/mol. The second kappa shape index (κ2) is 4.73. The van der Waals surface area contributed by atoms with Crippen LogP contribution in [0.3, 0.4) is 0 Å². The molecule has 3 saturated heterocycles. The van der Waals surface area contributed by atoms with Gasteiger partial charge in [-0.3, -0.25) is 0 Å². The van der Waals surface area contributed by atoms with Crippen molar-refractivity contribution in [1.29, 1.82) is 0 Å². The molecule has 0 unspecified atom stereocenters. The van der Waals surface area contributed by atoms with E-state index in [1.165, 1.54) is 12.1 Å². The van der Waals surface area contributed by atoms with Crippen molar-refractivity contribution in [3.8, 4) is 0 Å². The highest BCUT2D eigenvalue weighted by molar-refractivity contribution is 6.62. The molecule has 5 heteroatoms. The summed E-state index contributed by atoms with van der Waals surface area (Å²) in [6.07, 6.45) is 1.28. The van der Waals surface area contributed by atoms with Crippen LogP contribution in [0.1, 0.15) is 34.1 Å². The van der Waals surface area contributed by atoms with Gasteiger partial charge in [0.25, 0.3) is 0 Å². The molecular weight excluding hydrogens is 275 g/mol. The Kier molecular flexibility index (Phi) is 3.13. The van der Waals surface area contributed by atoms with E-state index in [2.05, 4.69) is 62.2 Å². The maximum Gasteiger partial charge on any atom is 0.494 e. The molecule has 0 spiro atoms. The van der Waals surface area contributed by atoms with Crippen molar-refractivity contribution in [3.63, 3.8) is 0 Å². The quantitative estimate of drug-likeness (QED) is 0.840. The average molecular weight is 300 g/mol. The lowest BCUT2D eigenvalue weighted by molar-refractivity contribution is 0.00578. The van der Waals surface area contributed by atoms with Gasteiger partial charge < -0.3 is 19.5 Å². The molecule has 3 aliphatic rings. The number of hydrogen-bond donors (Lipinski definition) is 1. The summed E-state index contributed by atoms with van der Waals surface area (Å²) in [6.45, 7) is 10.6. The summed E-state index contributed by atoms with van der Waals surface area (Å²) in [7, 11) is -0.268. The van der Waals surface area contributed by atoms with Crippen LogP contribution in [0.15, 0.2) is 24.3 Å². The third-order valence-corrected chi connectivity index (χ3v) is 5.81. The van der Waals surface area contributed by atoms with Gasteiger partial charge >= 0.3 is 7.12 Å². The summed E-state index contributed by atoms with van der Waals surface area (Å²) in [5.41, 5.74) is 1.85. The van der Waals surface area contributed by atoms with Crippen LogP contribution in [-0.2, 0) is 9.31 Å². The number of nitrogens with one attached hydrogen (secondary N) is 1. The Balaban J connectivity index is 1.51. The SMILES string of the molecule is CC1(C)OB(c2ccc(N3C[C@@H]4C[C@H]3CN4)cc2)OC1(C)C. The van der Waals surface area contributed by atoms with Gasteiger partial charge in [0.15, 0.2) is 0 Å². The summed E-state index contributed by atoms with van der Waals surface area (Å²) < 4.78 is 12.2. The van der Waals surface area contributed by atoms with E-state index in [0.29, 0.717) is 12.1 Å². The fourth-order valence-electron chi connectivity index (χ4n) is 3.68. The van der Waals surface area contributed by atoms with Crippen molar-refractivity contribution < 1.29 is 9.31 Å². The fraction of sp³-hybridized carbons (Fsp3) is 0.647. The Morgan fingerprint density at radius 1 is 1.09 bits per heavy atom. The first-order valence-electron chi connectivity index (χ1n) is 8.31. The minimum absolute atomic E-state index is 0.268. The summed E-state index contributed by atoms with van der Waals surface area (Å²) in [4.78, 5) is 2.52. The normalized spacial score (nSPS) is 32.0. The highest BCUT2D eigenvalue weighted by atomic mass is 16.7. The van der Waals surface area contributed by atoms with Crippen molar-refractivity contribution in [2.75, 3.05) is 18.0 Å². The second-order valence-corrected chi connectivity index (χ2v) is 7.83. The third-order valence-electron chi connectivity index (χ3n) is 5.81. The van der Waals surface area contributed by atoms with Crippen LogP contribution >= 0.6 is 0 Å². The highest BCUT2D eigenvalue weighted by Crippen LogP contribution is 2.36. The van der Waals surface area contributed by atoms with Gasteiger partial charge in [0.2, 0.25) is 0 Å². The molecule has 0 amide bonds. The van der Waals surface area contributed by atoms with Crippen molar-refractivity contribution >= 4 is 18.3 Å². The number of rotatable bonds is 2. The Morgan fingerprint density at radius 3 is 2.23 bits per heavy atom. The van der Waals surface area contributed by atoms with Gasteiger partial charge in [-0.25, -0.2) is 0 Å². The molecular formula is C17H25BN2O2. The summed E-state index contributed by atoms with van der Waals surface area (Å²) in [5.74, 6) is 0. The van der Waals surface area contributed by atoms with Crippen LogP contribution in [0.25, 0.3) is 0 Å². The standard InChI is InChI=1S/C17H25BN2O2/c1-16(2)17(3,4)22-18(21-16)12-5-7-14(8-6-12)20-11-13-9-15(20)10-19-13/h5-8,13,15,19H,9-11H2,1-4H3/t13-,15-/m0/s1. The van der Waals surface area contributed by atoms with E-state index in [9.17, 15) is 0 Å². The minimum Gasteiger partial charge on any atom is -0.399 e. The van der Waals surface area contributed by atoms with E-state index in [4.69, 9.17) is 9.31 Å². The molecule has 3 fully saturated rings.